The van der Waals surface area contributed by atoms with Crippen molar-refractivity contribution in [2.45, 2.75) is 43.8 Å². The normalized spacial score (nSPS) is 18.5. The van der Waals surface area contributed by atoms with Gasteiger partial charge in [-0.25, -0.2) is 4.68 Å². The van der Waals surface area contributed by atoms with Crippen molar-refractivity contribution in [3.8, 4) is 6.07 Å². The van der Waals surface area contributed by atoms with Gasteiger partial charge in [0.2, 0.25) is 5.16 Å². The first-order valence-corrected chi connectivity index (χ1v) is 6.60. The summed E-state index contributed by atoms with van der Waals surface area (Å²) in [4.78, 5) is 0. The number of aromatic nitrogens is 4. The van der Waals surface area contributed by atoms with Gasteiger partial charge < -0.3 is 0 Å². The number of tetrazole rings is 1. The van der Waals surface area contributed by atoms with Gasteiger partial charge in [0, 0.05) is 5.75 Å². The molecule has 1 fully saturated rings. The maximum Gasteiger partial charge on any atom is 0.209 e. The van der Waals surface area contributed by atoms with Gasteiger partial charge in [0.05, 0.1) is 18.0 Å². The smallest absolute Gasteiger partial charge is 0.209 e. The maximum absolute atomic E-state index is 8.72. The number of hydrogen-bond acceptors (Lipinski definition) is 5. The molecule has 0 radical (unpaired) electrons. The number of nitriles is 1. The lowest BCUT2D eigenvalue weighted by Crippen LogP contribution is -2.09. The zero-order chi connectivity index (χ0) is 11.4. The molecule has 1 unspecified atom stereocenters. The van der Waals surface area contributed by atoms with Gasteiger partial charge in [0.1, 0.15) is 0 Å². The van der Waals surface area contributed by atoms with E-state index >= 15 is 0 Å². The molecular weight excluding hydrogens is 222 g/mol. The SMILES string of the molecule is CC(C#N)CSc1nnnn1C1CCCC1. The molecule has 1 aromatic rings. The Morgan fingerprint density at radius 1 is 1.56 bits per heavy atom. The number of rotatable bonds is 4. The summed E-state index contributed by atoms with van der Waals surface area (Å²) in [5.74, 6) is 0.794. The van der Waals surface area contributed by atoms with Gasteiger partial charge in [-0.2, -0.15) is 5.26 Å². The molecule has 0 bridgehead atoms. The Balaban J connectivity index is 1.99. The molecule has 6 heteroatoms. The highest BCUT2D eigenvalue weighted by Gasteiger charge is 2.21. The van der Waals surface area contributed by atoms with Gasteiger partial charge in [0.25, 0.3) is 0 Å². The van der Waals surface area contributed by atoms with Gasteiger partial charge in [-0.05, 0) is 30.2 Å². The van der Waals surface area contributed by atoms with Crippen LogP contribution in [0.1, 0.15) is 38.6 Å². The fourth-order valence-corrected chi connectivity index (χ4v) is 2.78. The summed E-state index contributed by atoms with van der Waals surface area (Å²) in [6, 6.07) is 2.69. The van der Waals surface area contributed by atoms with E-state index in [4.69, 9.17) is 5.26 Å². The predicted octanol–water partition coefficient (Wildman–Crippen LogP) is 2.04. The van der Waals surface area contributed by atoms with Crippen LogP contribution in [0.2, 0.25) is 0 Å². The van der Waals surface area contributed by atoms with Crippen molar-refractivity contribution < 1.29 is 0 Å². The van der Waals surface area contributed by atoms with Crippen LogP contribution in [0.5, 0.6) is 0 Å². The van der Waals surface area contributed by atoms with E-state index in [1.165, 1.54) is 25.7 Å². The third-order valence-electron chi connectivity index (χ3n) is 2.82. The van der Waals surface area contributed by atoms with Gasteiger partial charge in [-0.3, -0.25) is 0 Å². The Kier molecular flexibility index (Phi) is 3.78. The molecule has 0 spiro atoms. The molecule has 1 aliphatic rings. The van der Waals surface area contributed by atoms with Crippen molar-refractivity contribution in [2.24, 2.45) is 5.92 Å². The average Bonchev–Trinajstić information content (AvgIpc) is 2.95. The van der Waals surface area contributed by atoms with Crippen molar-refractivity contribution in [2.75, 3.05) is 5.75 Å². The minimum atomic E-state index is 0.0405. The highest BCUT2D eigenvalue weighted by molar-refractivity contribution is 7.99. The second-order valence-corrected chi connectivity index (χ2v) is 5.17. The van der Waals surface area contributed by atoms with Crippen LogP contribution in [0.15, 0.2) is 5.16 Å². The van der Waals surface area contributed by atoms with E-state index < -0.39 is 0 Å². The van der Waals surface area contributed by atoms with Crippen molar-refractivity contribution in [1.29, 1.82) is 5.26 Å². The molecule has 0 amide bonds. The summed E-state index contributed by atoms with van der Waals surface area (Å²) in [6.07, 6.45) is 4.88. The molecule has 2 rings (SSSR count). The van der Waals surface area contributed by atoms with E-state index in [1.807, 2.05) is 11.6 Å². The molecule has 1 heterocycles. The molecule has 1 atom stereocenters. The van der Waals surface area contributed by atoms with Crippen LogP contribution in [-0.2, 0) is 0 Å². The Morgan fingerprint density at radius 3 is 3.00 bits per heavy atom. The number of hydrogen-bond donors (Lipinski definition) is 0. The third-order valence-corrected chi connectivity index (χ3v) is 4.01. The lowest BCUT2D eigenvalue weighted by Gasteiger charge is -2.10. The van der Waals surface area contributed by atoms with Crippen LogP contribution in [-0.4, -0.2) is 26.0 Å². The summed E-state index contributed by atoms with van der Waals surface area (Å²) in [5.41, 5.74) is 0. The van der Waals surface area contributed by atoms with Crippen molar-refractivity contribution in [1.82, 2.24) is 20.2 Å². The van der Waals surface area contributed by atoms with E-state index in [9.17, 15) is 0 Å². The summed E-state index contributed by atoms with van der Waals surface area (Å²) in [5, 5.41) is 21.4. The number of nitrogens with zero attached hydrogens (tertiary/aromatic N) is 5. The van der Waals surface area contributed by atoms with Gasteiger partial charge >= 0.3 is 0 Å². The highest BCUT2D eigenvalue weighted by atomic mass is 32.2. The molecule has 5 nitrogen and oxygen atoms in total. The Hall–Kier alpha value is -1.09. The van der Waals surface area contributed by atoms with Crippen LogP contribution in [0.25, 0.3) is 0 Å². The van der Waals surface area contributed by atoms with Gasteiger partial charge in [-0.15, -0.1) is 5.10 Å². The fraction of sp³-hybridized carbons (Fsp3) is 0.800. The largest absolute Gasteiger partial charge is 0.217 e. The highest BCUT2D eigenvalue weighted by Crippen LogP contribution is 2.31. The van der Waals surface area contributed by atoms with Crippen LogP contribution >= 0.6 is 11.8 Å². The second-order valence-electron chi connectivity index (χ2n) is 4.19. The standard InChI is InChI=1S/C10H15N5S/c1-8(6-11)7-16-10-12-13-14-15(10)9-4-2-3-5-9/h8-9H,2-5,7H2,1H3. The average molecular weight is 237 g/mol. The molecule has 86 valence electrons. The van der Waals surface area contributed by atoms with Crippen molar-refractivity contribution >= 4 is 11.8 Å². The fourth-order valence-electron chi connectivity index (χ4n) is 1.90. The van der Waals surface area contributed by atoms with Crippen LogP contribution in [0.4, 0.5) is 0 Å². The van der Waals surface area contributed by atoms with E-state index in [1.54, 1.807) is 11.8 Å². The quantitative estimate of drug-likeness (QED) is 0.750. The van der Waals surface area contributed by atoms with Gasteiger partial charge in [0.15, 0.2) is 0 Å². The van der Waals surface area contributed by atoms with E-state index in [0.29, 0.717) is 6.04 Å². The molecule has 0 saturated heterocycles. The van der Waals surface area contributed by atoms with Crippen LogP contribution in [0, 0.1) is 17.2 Å². The zero-order valence-electron chi connectivity index (χ0n) is 9.33. The lowest BCUT2D eigenvalue weighted by atomic mass is 10.3. The molecule has 0 N–H and O–H groups in total. The first-order chi connectivity index (χ1) is 7.81. The molecule has 1 saturated carbocycles. The minimum Gasteiger partial charge on any atom is -0.217 e. The summed E-state index contributed by atoms with van der Waals surface area (Å²) < 4.78 is 1.93. The summed E-state index contributed by atoms with van der Waals surface area (Å²) in [6.45, 7) is 1.91. The Morgan fingerprint density at radius 2 is 2.31 bits per heavy atom. The molecular formula is C10H15N5S. The third kappa shape index (κ3) is 2.53. The predicted molar refractivity (Wildman–Crippen MR) is 60.8 cm³/mol. The topological polar surface area (TPSA) is 67.4 Å². The van der Waals surface area contributed by atoms with E-state index in [-0.39, 0.29) is 5.92 Å². The monoisotopic (exact) mass is 237 g/mol. The Bertz CT molecular complexity index is 377. The molecule has 0 aromatic carbocycles. The van der Waals surface area contributed by atoms with Gasteiger partial charge in [-0.1, -0.05) is 24.6 Å². The molecule has 1 aromatic heterocycles. The van der Waals surface area contributed by atoms with Crippen LogP contribution in [0.3, 0.4) is 0 Å². The lowest BCUT2D eigenvalue weighted by molar-refractivity contribution is 0.423. The molecule has 1 aliphatic carbocycles. The van der Waals surface area contributed by atoms with E-state index in [2.05, 4.69) is 21.6 Å². The Labute approximate surface area is 99.2 Å². The van der Waals surface area contributed by atoms with Crippen LogP contribution < -0.4 is 0 Å². The maximum atomic E-state index is 8.72. The summed E-state index contributed by atoms with van der Waals surface area (Å²) >= 11 is 1.58. The van der Waals surface area contributed by atoms with Crippen molar-refractivity contribution in [3.63, 3.8) is 0 Å². The van der Waals surface area contributed by atoms with Crippen molar-refractivity contribution in [3.05, 3.63) is 0 Å². The summed E-state index contributed by atoms with van der Waals surface area (Å²) in [7, 11) is 0. The molecule has 16 heavy (non-hydrogen) atoms. The van der Waals surface area contributed by atoms with E-state index in [0.717, 1.165) is 10.9 Å². The zero-order valence-corrected chi connectivity index (χ0v) is 10.2. The number of thioether (sulfide) groups is 1. The second kappa shape index (κ2) is 5.30. The first-order valence-electron chi connectivity index (χ1n) is 5.61. The molecule has 0 aliphatic heterocycles. The first kappa shape index (κ1) is 11.4. The minimum absolute atomic E-state index is 0.0405.